The third-order valence-corrected chi connectivity index (χ3v) is 2.50. The fraction of sp³-hybridized carbons (Fsp3) is 0.273. The number of aromatic nitrogens is 4. The molecule has 2 aromatic heterocycles. The average molecular weight is 261 g/mol. The van der Waals surface area contributed by atoms with Crippen molar-refractivity contribution in [2.75, 3.05) is 12.0 Å². The first-order chi connectivity index (χ1) is 9.29. The average Bonchev–Trinajstić information content (AvgIpc) is 2.96. The number of aryl methyl sites for hydroxylation is 1. The fourth-order valence-corrected chi connectivity index (χ4v) is 1.54. The molecule has 5 N–H and O–H groups in total. The Labute approximate surface area is 109 Å². The number of pyridine rings is 1. The van der Waals surface area contributed by atoms with E-state index in [9.17, 15) is 4.79 Å². The van der Waals surface area contributed by atoms with E-state index >= 15 is 0 Å². The second-order valence-electron chi connectivity index (χ2n) is 3.87. The summed E-state index contributed by atoms with van der Waals surface area (Å²) in [6, 6.07) is 3.27. The number of H-pyrrole nitrogens is 1. The van der Waals surface area contributed by atoms with Crippen LogP contribution in [0.5, 0.6) is 0 Å². The zero-order chi connectivity index (χ0) is 13.5. The van der Waals surface area contributed by atoms with E-state index in [1.807, 2.05) is 0 Å². The van der Waals surface area contributed by atoms with Crippen molar-refractivity contribution in [2.45, 2.75) is 12.8 Å². The number of aromatic amines is 1. The molecule has 8 nitrogen and oxygen atoms in total. The highest BCUT2D eigenvalue weighted by atomic mass is 16.1. The molecule has 0 aliphatic heterocycles. The Morgan fingerprint density at radius 3 is 3.05 bits per heavy atom. The third kappa shape index (κ3) is 3.75. The van der Waals surface area contributed by atoms with Gasteiger partial charge in [-0.25, -0.2) is 4.98 Å². The van der Waals surface area contributed by atoms with E-state index in [0.717, 1.165) is 18.7 Å². The predicted molar refractivity (Wildman–Crippen MR) is 69.1 cm³/mol. The molecule has 100 valence electrons. The van der Waals surface area contributed by atoms with E-state index < -0.39 is 0 Å². The van der Waals surface area contributed by atoms with Crippen LogP contribution in [0.15, 0.2) is 24.7 Å². The standard InChI is InChI=1S/C11H15N7O/c12-17-8-3-5-13-9(6-8)11(19)14-4-1-2-10-15-7-16-18-10/h3,5-7H,1-2,4,12H2,(H,13,17)(H,14,19)(H,15,16,18). The lowest BCUT2D eigenvalue weighted by molar-refractivity contribution is 0.0948. The molecule has 0 spiro atoms. The topological polar surface area (TPSA) is 122 Å². The number of nitrogens with zero attached hydrogens (tertiary/aromatic N) is 3. The quantitative estimate of drug-likeness (QED) is 0.326. The first-order valence-electron chi connectivity index (χ1n) is 5.84. The van der Waals surface area contributed by atoms with Gasteiger partial charge in [0.25, 0.3) is 5.91 Å². The van der Waals surface area contributed by atoms with E-state index in [2.05, 4.69) is 30.9 Å². The van der Waals surface area contributed by atoms with Crippen LogP contribution in [0.2, 0.25) is 0 Å². The predicted octanol–water partition coefficient (Wildman–Crippen LogP) is -0.152. The molecule has 0 fully saturated rings. The molecular formula is C11H15N7O. The lowest BCUT2D eigenvalue weighted by atomic mass is 10.2. The van der Waals surface area contributed by atoms with Gasteiger partial charge in [0.15, 0.2) is 0 Å². The lowest BCUT2D eigenvalue weighted by Crippen LogP contribution is -2.26. The van der Waals surface area contributed by atoms with Gasteiger partial charge in [0.1, 0.15) is 17.8 Å². The normalized spacial score (nSPS) is 10.2. The lowest BCUT2D eigenvalue weighted by Gasteiger charge is -2.05. The minimum absolute atomic E-state index is 0.227. The molecule has 2 heterocycles. The second kappa shape index (κ2) is 6.45. The molecule has 0 aliphatic rings. The minimum Gasteiger partial charge on any atom is -0.351 e. The smallest absolute Gasteiger partial charge is 0.269 e. The van der Waals surface area contributed by atoms with Gasteiger partial charge in [0.2, 0.25) is 0 Å². The van der Waals surface area contributed by atoms with E-state index in [0.29, 0.717) is 17.9 Å². The van der Waals surface area contributed by atoms with Crippen molar-refractivity contribution in [3.63, 3.8) is 0 Å². The first kappa shape index (κ1) is 13.0. The number of hydrogen-bond donors (Lipinski definition) is 4. The van der Waals surface area contributed by atoms with E-state index in [-0.39, 0.29) is 5.91 Å². The molecule has 0 aliphatic carbocycles. The van der Waals surface area contributed by atoms with Crippen LogP contribution in [-0.4, -0.2) is 32.6 Å². The maximum absolute atomic E-state index is 11.8. The van der Waals surface area contributed by atoms with Crippen LogP contribution in [0.1, 0.15) is 22.7 Å². The Kier molecular flexibility index (Phi) is 4.40. The number of nitrogen functional groups attached to an aromatic ring is 1. The molecule has 8 heteroatoms. The van der Waals surface area contributed by atoms with Gasteiger partial charge in [-0.2, -0.15) is 5.10 Å². The molecule has 0 unspecified atom stereocenters. The van der Waals surface area contributed by atoms with Gasteiger partial charge in [-0.15, -0.1) is 0 Å². The summed E-state index contributed by atoms with van der Waals surface area (Å²) in [4.78, 5) is 19.8. The highest BCUT2D eigenvalue weighted by Gasteiger charge is 2.07. The summed E-state index contributed by atoms with van der Waals surface area (Å²) in [5, 5.41) is 9.29. The Bertz CT molecular complexity index is 526. The second-order valence-corrected chi connectivity index (χ2v) is 3.87. The van der Waals surface area contributed by atoms with Crippen LogP contribution in [-0.2, 0) is 6.42 Å². The molecule has 0 radical (unpaired) electrons. The van der Waals surface area contributed by atoms with E-state index in [1.54, 1.807) is 12.1 Å². The van der Waals surface area contributed by atoms with Crippen molar-refractivity contribution in [1.29, 1.82) is 0 Å². The zero-order valence-electron chi connectivity index (χ0n) is 10.3. The highest BCUT2D eigenvalue weighted by molar-refractivity contribution is 5.93. The number of nitrogens with one attached hydrogen (secondary N) is 3. The third-order valence-electron chi connectivity index (χ3n) is 2.50. The molecule has 0 bridgehead atoms. The number of anilines is 1. The van der Waals surface area contributed by atoms with Crippen LogP contribution >= 0.6 is 0 Å². The Hall–Kier alpha value is -2.48. The number of hydrazine groups is 1. The molecule has 0 saturated heterocycles. The van der Waals surface area contributed by atoms with Crippen molar-refractivity contribution < 1.29 is 4.79 Å². The first-order valence-corrected chi connectivity index (χ1v) is 5.84. The summed E-state index contributed by atoms with van der Waals surface area (Å²) in [6.45, 7) is 0.543. The number of nitrogens with two attached hydrogens (primary N) is 1. The van der Waals surface area contributed by atoms with Gasteiger partial charge < -0.3 is 10.7 Å². The molecule has 1 amide bonds. The van der Waals surface area contributed by atoms with Crippen LogP contribution in [0.4, 0.5) is 5.69 Å². The summed E-state index contributed by atoms with van der Waals surface area (Å²) in [5.74, 6) is 5.85. The van der Waals surface area contributed by atoms with Gasteiger partial charge in [-0.1, -0.05) is 0 Å². The van der Waals surface area contributed by atoms with Crippen molar-refractivity contribution in [1.82, 2.24) is 25.5 Å². The maximum Gasteiger partial charge on any atom is 0.269 e. The van der Waals surface area contributed by atoms with E-state index in [4.69, 9.17) is 5.84 Å². The Balaban J connectivity index is 1.77. The van der Waals surface area contributed by atoms with Crippen molar-refractivity contribution in [3.05, 3.63) is 36.2 Å². The Morgan fingerprint density at radius 2 is 2.32 bits per heavy atom. The Morgan fingerprint density at radius 1 is 1.42 bits per heavy atom. The largest absolute Gasteiger partial charge is 0.351 e. The van der Waals surface area contributed by atoms with Gasteiger partial charge in [-0.3, -0.25) is 20.7 Å². The van der Waals surface area contributed by atoms with Gasteiger partial charge in [-0.05, 0) is 18.6 Å². The molecule has 2 rings (SSSR count). The van der Waals surface area contributed by atoms with Crippen LogP contribution in [0.3, 0.4) is 0 Å². The van der Waals surface area contributed by atoms with Crippen LogP contribution in [0, 0.1) is 0 Å². The van der Waals surface area contributed by atoms with Crippen molar-refractivity contribution >= 4 is 11.6 Å². The van der Waals surface area contributed by atoms with Gasteiger partial charge >= 0.3 is 0 Å². The van der Waals surface area contributed by atoms with Crippen molar-refractivity contribution in [2.24, 2.45) is 5.84 Å². The monoisotopic (exact) mass is 261 g/mol. The summed E-state index contributed by atoms with van der Waals surface area (Å²) in [6.07, 6.45) is 4.50. The van der Waals surface area contributed by atoms with Gasteiger partial charge in [0, 0.05) is 19.2 Å². The van der Waals surface area contributed by atoms with Crippen LogP contribution in [0.25, 0.3) is 0 Å². The van der Waals surface area contributed by atoms with Crippen molar-refractivity contribution in [3.8, 4) is 0 Å². The molecule has 19 heavy (non-hydrogen) atoms. The minimum atomic E-state index is -0.227. The molecule has 0 atom stereocenters. The SMILES string of the molecule is NNc1ccnc(C(=O)NCCCc2ncn[nH]2)c1. The highest BCUT2D eigenvalue weighted by Crippen LogP contribution is 2.05. The number of amides is 1. The number of rotatable bonds is 6. The molecular weight excluding hydrogens is 246 g/mol. The number of hydrogen-bond acceptors (Lipinski definition) is 6. The van der Waals surface area contributed by atoms with Crippen LogP contribution < -0.4 is 16.6 Å². The summed E-state index contributed by atoms with van der Waals surface area (Å²) >= 11 is 0. The molecule has 0 saturated carbocycles. The maximum atomic E-state index is 11.8. The van der Waals surface area contributed by atoms with E-state index in [1.165, 1.54) is 12.5 Å². The van der Waals surface area contributed by atoms with Gasteiger partial charge in [0.05, 0.1) is 5.69 Å². The summed E-state index contributed by atoms with van der Waals surface area (Å²) < 4.78 is 0. The summed E-state index contributed by atoms with van der Waals surface area (Å²) in [7, 11) is 0. The number of carbonyl (C=O) groups excluding carboxylic acids is 1. The molecule has 0 aromatic carbocycles. The molecule has 2 aromatic rings. The number of carbonyl (C=O) groups is 1. The fourth-order valence-electron chi connectivity index (χ4n) is 1.54. The zero-order valence-corrected chi connectivity index (χ0v) is 10.3. The summed E-state index contributed by atoms with van der Waals surface area (Å²) in [5.41, 5.74) is 3.44.